The molecular formula is C16H14N6O4S. The van der Waals surface area contributed by atoms with Gasteiger partial charge in [-0.15, -0.1) is 5.10 Å². The molecule has 27 heavy (non-hydrogen) atoms. The van der Waals surface area contributed by atoms with Crippen molar-refractivity contribution in [1.29, 1.82) is 0 Å². The molecule has 10 nitrogen and oxygen atoms in total. The third-order valence-electron chi connectivity index (χ3n) is 4.04. The lowest BCUT2D eigenvalue weighted by Gasteiger charge is -2.19. The summed E-state index contributed by atoms with van der Waals surface area (Å²) in [6, 6.07) is 9.39. The third-order valence-corrected chi connectivity index (χ3v) is 5.40. The number of carbonyl (C=O) groups excluding carboxylic acids is 1. The van der Waals surface area contributed by atoms with Gasteiger partial charge in [0.2, 0.25) is 0 Å². The first-order chi connectivity index (χ1) is 12.9. The van der Waals surface area contributed by atoms with E-state index in [9.17, 15) is 13.2 Å². The molecule has 11 heteroatoms. The van der Waals surface area contributed by atoms with Crippen LogP contribution >= 0.6 is 0 Å². The molecule has 0 fully saturated rings. The van der Waals surface area contributed by atoms with Crippen LogP contribution in [0.5, 0.6) is 5.75 Å². The zero-order valence-electron chi connectivity index (χ0n) is 14.1. The Balaban J connectivity index is 1.68. The average molecular weight is 386 g/mol. The zero-order valence-corrected chi connectivity index (χ0v) is 14.9. The molecule has 0 unspecified atom stereocenters. The molecule has 2 aromatic carbocycles. The van der Waals surface area contributed by atoms with E-state index in [1.54, 1.807) is 25.1 Å². The molecule has 4 rings (SSSR count). The van der Waals surface area contributed by atoms with E-state index >= 15 is 0 Å². The Morgan fingerprint density at radius 1 is 1.26 bits per heavy atom. The second-order valence-corrected chi connectivity index (χ2v) is 7.49. The van der Waals surface area contributed by atoms with Crippen LogP contribution in [0.1, 0.15) is 5.56 Å². The fraction of sp³-hybridized carbons (Fsp3) is 0.125. The van der Waals surface area contributed by atoms with E-state index in [1.165, 1.54) is 29.2 Å². The van der Waals surface area contributed by atoms with Crippen LogP contribution in [0.25, 0.3) is 5.69 Å². The highest BCUT2D eigenvalue weighted by atomic mass is 32.2. The summed E-state index contributed by atoms with van der Waals surface area (Å²) in [4.78, 5) is 11.5. The minimum Gasteiger partial charge on any atom is -0.482 e. The number of hydrogen-bond donors (Lipinski definition) is 2. The number of benzene rings is 2. The second kappa shape index (κ2) is 6.36. The molecule has 0 spiro atoms. The van der Waals surface area contributed by atoms with Crippen molar-refractivity contribution in [2.24, 2.45) is 0 Å². The highest BCUT2D eigenvalue weighted by molar-refractivity contribution is 7.92. The standard InChI is InChI=1S/C16H14N6O4S/c1-10-12(3-2-4-14(10)22-9-17-20-21-22)19-27(24,25)11-5-6-15-13(7-11)18-16(23)8-26-15/h2-7,9,19H,8H2,1H3,(H,18,23). The van der Waals surface area contributed by atoms with E-state index in [4.69, 9.17) is 4.74 Å². The molecule has 0 saturated carbocycles. The maximum Gasteiger partial charge on any atom is 0.262 e. The fourth-order valence-corrected chi connectivity index (χ4v) is 3.84. The number of anilines is 2. The lowest BCUT2D eigenvalue weighted by atomic mass is 10.1. The first-order valence-corrected chi connectivity index (χ1v) is 9.35. The van der Waals surface area contributed by atoms with Gasteiger partial charge in [-0.25, -0.2) is 13.1 Å². The lowest BCUT2D eigenvalue weighted by molar-refractivity contribution is -0.118. The highest BCUT2D eigenvalue weighted by Crippen LogP contribution is 2.31. The van der Waals surface area contributed by atoms with Crippen molar-refractivity contribution < 1.29 is 17.9 Å². The number of ether oxygens (including phenoxy) is 1. The Morgan fingerprint density at radius 2 is 2.11 bits per heavy atom. The first kappa shape index (κ1) is 17.0. The molecule has 1 aliphatic heterocycles. The molecule has 2 heterocycles. The van der Waals surface area contributed by atoms with Crippen LogP contribution < -0.4 is 14.8 Å². The molecule has 0 atom stereocenters. The highest BCUT2D eigenvalue weighted by Gasteiger charge is 2.22. The van der Waals surface area contributed by atoms with Gasteiger partial charge in [0, 0.05) is 0 Å². The molecule has 0 bridgehead atoms. The normalized spacial score (nSPS) is 13.4. The quantitative estimate of drug-likeness (QED) is 0.687. The van der Waals surface area contributed by atoms with Gasteiger partial charge in [-0.1, -0.05) is 6.07 Å². The van der Waals surface area contributed by atoms with E-state index in [1.807, 2.05) is 0 Å². The summed E-state index contributed by atoms with van der Waals surface area (Å²) in [5.74, 6) is 0.0837. The van der Waals surface area contributed by atoms with E-state index in [0.29, 0.717) is 28.4 Å². The van der Waals surface area contributed by atoms with Crippen LogP contribution in [0.2, 0.25) is 0 Å². The smallest absolute Gasteiger partial charge is 0.262 e. The van der Waals surface area contributed by atoms with Gasteiger partial charge < -0.3 is 10.1 Å². The summed E-state index contributed by atoms with van der Waals surface area (Å²) in [6.45, 7) is 1.66. The summed E-state index contributed by atoms with van der Waals surface area (Å²) in [5, 5.41) is 13.6. The van der Waals surface area contributed by atoms with Crippen LogP contribution in [0.15, 0.2) is 47.6 Å². The minimum atomic E-state index is -3.89. The predicted octanol–water partition coefficient (Wildman–Crippen LogP) is 1.10. The summed E-state index contributed by atoms with van der Waals surface area (Å²) < 4.78 is 34.9. The third kappa shape index (κ3) is 3.19. The Morgan fingerprint density at radius 3 is 2.89 bits per heavy atom. The van der Waals surface area contributed by atoms with E-state index in [2.05, 4.69) is 25.6 Å². The van der Waals surface area contributed by atoms with Crippen molar-refractivity contribution in [3.63, 3.8) is 0 Å². The number of fused-ring (bicyclic) bond motifs is 1. The Bertz CT molecular complexity index is 1130. The topological polar surface area (TPSA) is 128 Å². The zero-order chi connectivity index (χ0) is 19.0. The second-order valence-electron chi connectivity index (χ2n) is 5.80. The van der Waals surface area contributed by atoms with E-state index in [-0.39, 0.29) is 17.4 Å². The van der Waals surface area contributed by atoms with Crippen LogP contribution in [0.3, 0.4) is 0 Å². The predicted molar refractivity (Wildman–Crippen MR) is 95.3 cm³/mol. The average Bonchev–Trinajstić information content (AvgIpc) is 3.17. The molecule has 1 aromatic heterocycles. The van der Waals surface area contributed by atoms with Crippen molar-refractivity contribution in [3.8, 4) is 11.4 Å². The van der Waals surface area contributed by atoms with Gasteiger partial charge in [-0.3, -0.25) is 9.52 Å². The van der Waals surface area contributed by atoms with Gasteiger partial charge in [0.15, 0.2) is 6.61 Å². The van der Waals surface area contributed by atoms with Crippen molar-refractivity contribution in [3.05, 3.63) is 48.3 Å². The molecule has 3 aromatic rings. The summed E-state index contributed by atoms with van der Waals surface area (Å²) in [7, 11) is -3.89. The fourth-order valence-electron chi connectivity index (χ4n) is 2.69. The maximum atomic E-state index is 12.8. The SMILES string of the molecule is Cc1c(NS(=O)(=O)c2ccc3c(c2)NC(=O)CO3)cccc1-n1cnnn1. The molecule has 138 valence electrons. The number of amides is 1. The van der Waals surface area contributed by atoms with Gasteiger partial charge in [-0.2, -0.15) is 0 Å². The molecule has 1 aliphatic rings. The monoisotopic (exact) mass is 386 g/mol. The van der Waals surface area contributed by atoms with Gasteiger partial charge in [0.1, 0.15) is 12.1 Å². The Kier molecular flexibility index (Phi) is 4.00. The number of nitrogens with zero attached hydrogens (tertiary/aromatic N) is 4. The van der Waals surface area contributed by atoms with Crippen molar-refractivity contribution >= 4 is 27.3 Å². The summed E-state index contributed by atoms with van der Waals surface area (Å²) >= 11 is 0. The first-order valence-electron chi connectivity index (χ1n) is 7.86. The summed E-state index contributed by atoms with van der Waals surface area (Å²) in [5.41, 5.74) is 2.00. The van der Waals surface area contributed by atoms with E-state index < -0.39 is 10.0 Å². The number of nitrogens with one attached hydrogen (secondary N) is 2. The van der Waals surface area contributed by atoms with Crippen LogP contribution in [-0.4, -0.2) is 41.1 Å². The van der Waals surface area contributed by atoms with Crippen LogP contribution in [-0.2, 0) is 14.8 Å². The van der Waals surface area contributed by atoms with Gasteiger partial charge in [0.05, 0.1) is 22.0 Å². The maximum absolute atomic E-state index is 12.8. The molecule has 0 saturated heterocycles. The van der Waals surface area contributed by atoms with Crippen molar-refractivity contribution in [2.45, 2.75) is 11.8 Å². The number of carbonyl (C=O) groups is 1. The Labute approximate surface area is 154 Å². The largest absolute Gasteiger partial charge is 0.482 e. The van der Waals surface area contributed by atoms with Crippen LogP contribution in [0.4, 0.5) is 11.4 Å². The number of tetrazole rings is 1. The molecule has 1 amide bonds. The van der Waals surface area contributed by atoms with Crippen molar-refractivity contribution in [2.75, 3.05) is 16.6 Å². The van der Waals surface area contributed by atoms with Crippen LogP contribution in [0, 0.1) is 6.92 Å². The number of aromatic nitrogens is 4. The Hall–Kier alpha value is -3.47. The molecule has 2 N–H and O–H groups in total. The van der Waals surface area contributed by atoms with Crippen molar-refractivity contribution in [1.82, 2.24) is 20.2 Å². The molecular weight excluding hydrogens is 372 g/mol. The van der Waals surface area contributed by atoms with E-state index in [0.717, 1.165) is 0 Å². The lowest BCUT2D eigenvalue weighted by Crippen LogP contribution is -2.25. The minimum absolute atomic E-state index is 0.000671. The summed E-state index contributed by atoms with van der Waals surface area (Å²) in [6.07, 6.45) is 1.42. The van der Waals surface area contributed by atoms with Gasteiger partial charge in [-0.05, 0) is 53.2 Å². The number of rotatable bonds is 4. The molecule has 0 radical (unpaired) electrons. The number of sulfonamides is 1. The molecule has 0 aliphatic carbocycles. The number of hydrogen-bond acceptors (Lipinski definition) is 7. The van der Waals surface area contributed by atoms with Gasteiger partial charge >= 0.3 is 0 Å². The van der Waals surface area contributed by atoms with Gasteiger partial charge in [0.25, 0.3) is 15.9 Å².